The molecule has 1 unspecified atom stereocenters. The first-order chi connectivity index (χ1) is 12.4. The molecule has 0 saturated carbocycles. The monoisotopic (exact) mass is 376 g/mol. The van der Waals surface area contributed by atoms with Crippen molar-refractivity contribution in [3.8, 4) is 11.5 Å². The van der Waals surface area contributed by atoms with Crippen LogP contribution in [0, 0.1) is 0 Å². The molecule has 140 valence electrons. The van der Waals surface area contributed by atoms with Crippen molar-refractivity contribution in [1.82, 2.24) is 9.62 Å². The van der Waals surface area contributed by atoms with Crippen LogP contribution in [0.3, 0.4) is 0 Å². The van der Waals surface area contributed by atoms with Crippen LogP contribution in [-0.2, 0) is 16.6 Å². The number of nitrogens with one attached hydrogen (secondary N) is 1. The van der Waals surface area contributed by atoms with Gasteiger partial charge in [-0.05, 0) is 42.3 Å². The Kier molecular flexibility index (Phi) is 5.50. The fraction of sp³-hybridized carbons (Fsp3) is 0.368. The molecule has 26 heavy (non-hydrogen) atoms. The molecule has 0 bridgehead atoms. The van der Waals surface area contributed by atoms with Crippen molar-refractivity contribution in [2.45, 2.75) is 24.4 Å². The van der Waals surface area contributed by atoms with Crippen LogP contribution in [0.1, 0.15) is 24.1 Å². The highest BCUT2D eigenvalue weighted by atomic mass is 32.2. The third-order valence-electron chi connectivity index (χ3n) is 4.38. The van der Waals surface area contributed by atoms with Gasteiger partial charge in [-0.25, -0.2) is 12.7 Å². The van der Waals surface area contributed by atoms with Crippen LogP contribution in [0.5, 0.6) is 11.5 Å². The van der Waals surface area contributed by atoms with E-state index in [2.05, 4.69) is 5.32 Å². The topological polar surface area (TPSA) is 67.9 Å². The van der Waals surface area contributed by atoms with Gasteiger partial charge in [0.1, 0.15) is 13.2 Å². The molecule has 1 aliphatic heterocycles. The van der Waals surface area contributed by atoms with Gasteiger partial charge in [-0.2, -0.15) is 0 Å². The van der Waals surface area contributed by atoms with Gasteiger partial charge in [0.05, 0.1) is 4.90 Å². The Balaban J connectivity index is 1.64. The number of nitrogens with zero attached hydrogens (tertiary/aromatic N) is 1. The maximum Gasteiger partial charge on any atom is 0.242 e. The van der Waals surface area contributed by atoms with Crippen LogP contribution in [-0.4, -0.2) is 40.0 Å². The van der Waals surface area contributed by atoms with Gasteiger partial charge in [-0.1, -0.05) is 18.2 Å². The van der Waals surface area contributed by atoms with E-state index >= 15 is 0 Å². The Morgan fingerprint density at radius 1 is 1.04 bits per heavy atom. The number of rotatable bonds is 6. The number of hydrogen-bond acceptors (Lipinski definition) is 5. The minimum absolute atomic E-state index is 0.0827. The molecule has 1 atom stereocenters. The third kappa shape index (κ3) is 4.00. The smallest absolute Gasteiger partial charge is 0.242 e. The Labute approximate surface area is 154 Å². The zero-order valence-electron chi connectivity index (χ0n) is 15.2. The molecule has 2 aromatic carbocycles. The summed E-state index contributed by atoms with van der Waals surface area (Å²) in [5, 5.41) is 3.45. The van der Waals surface area contributed by atoms with Gasteiger partial charge in [0.2, 0.25) is 10.0 Å². The fourth-order valence-electron chi connectivity index (χ4n) is 2.73. The molecule has 6 nitrogen and oxygen atoms in total. The molecule has 2 aromatic rings. The third-order valence-corrected chi connectivity index (χ3v) is 6.21. The van der Waals surface area contributed by atoms with E-state index in [0.29, 0.717) is 24.7 Å². The molecule has 0 aromatic heterocycles. The number of sulfonamides is 1. The van der Waals surface area contributed by atoms with Crippen molar-refractivity contribution >= 4 is 10.0 Å². The van der Waals surface area contributed by atoms with Crippen molar-refractivity contribution in [1.29, 1.82) is 0 Å². The van der Waals surface area contributed by atoms with Crippen molar-refractivity contribution < 1.29 is 17.9 Å². The van der Waals surface area contributed by atoms with E-state index in [1.54, 1.807) is 12.1 Å². The van der Waals surface area contributed by atoms with E-state index in [1.807, 2.05) is 37.3 Å². The minimum Gasteiger partial charge on any atom is -0.486 e. The molecule has 0 radical (unpaired) electrons. The van der Waals surface area contributed by atoms with Crippen LogP contribution in [0.4, 0.5) is 0 Å². The van der Waals surface area contributed by atoms with E-state index in [4.69, 9.17) is 9.47 Å². The van der Waals surface area contributed by atoms with Crippen LogP contribution in [0.15, 0.2) is 47.4 Å². The summed E-state index contributed by atoms with van der Waals surface area (Å²) in [6.45, 7) is 3.88. The van der Waals surface area contributed by atoms with Crippen molar-refractivity contribution in [3.63, 3.8) is 0 Å². The Hall–Kier alpha value is -2.09. The normalized spacial score (nSPS) is 15.1. The lowest BCUT2D eigenvalue weighted by Gasteiger charge is -2.20. The molecule has 7 heteroatoms. The van der Waals surface area contributed by atoms with Gasteiger partial charge in [-0.3, -0.25) is 0 Å². The number of benzene rings is 2. The second kappa shape index (κ2) is 7.65. The summed E-state index contributed by atoms with van der Waals surface area (Å²) in [5.41, 5.74) is 2.13. The highest BCUT2D eigenvalue weighted by Gasteiger charge is 2.17. The zero-order chi connectivity index (χ0) is 18.7. The predicted octanol–water partition coefficient (Wildman–Crippen LogP) is 2.56. The lowest BCUT2D eigenvalue weighted by molar-refractivity contribution is 0.171. The maximum atomic E-state index is 12.1. The average molecular weight is 376 g/mol. The van der Waals surface area contributed by atoms with E-state index < -0.39 is 10.0 Å². The first-order valence-corrected chi connectivity index (χ1v) is 9.96. The Morgan fingerprint density at radius 3 is 2.35 bits per heavy atom. The van der Waals surface area contributed by atoms with E-state index in [1.165, 1.54) is 18.4 Å². The molecule has 0 saturated heterocycles. The molecule has 0 fully saturated rings. The highest BCUT2D eigenvalue weighted by Crippen LogP contribution is 2.30. The second-order valence-corrected chi connectivity index (χ2v) is 8.59. The quantitative estimate of drug-likeness (QED) is 0.839. The van der Waals surface area contributed by atoms with Crippen LogP contribution in [0.25, 0.3) is 0 Å². The van der Waals surface area contributed by atoms with Crippen molar-refractivity contribution in [2.24, 2.45) is 0 Å². The van der Waals surface area contributed by atoms with E-state index in [0.717, 1.165) is 22.6 Å². The summed E-state index contributed by atoms with van der Waals surface area (Å²) < 4.78 is 36.6. The summed E-state index contributed by atoms with van der Waals surface area (Å²) in [5.74, 6) is 1.56. The summed E-state index contributed by atoms with van der Waals surface area (Å²) in [6.07, 6.45) is 0. The standard InChI is InChI=1S/C19H24N2O4S/c1-14(16-5-7-17(8-6-16)26(22,23)21(2)3)20-13-15-4-9-18-19(12-15)25-11-10-24-18/h4-9,12,14,20H,10-11,13H2,1-3H3. The molecule has 1 N–H and O–H groups in total. The molecular formula is C19H24N2O4S. The van der Waals surface area contributed by atoms with Gasteiger partial charge < -0.3 is 14.8 Å². The largest absolute Gasteiger partial charge is 0.486 e. The van der Waals surface area contributed by atoms with Crippen molar-refractivity contribution in [3.05, 3.63) is 53.6 Å². The SMILES string of the molecule is CC(NCc1ccc2c(c1)OCCO2)c1ccc(S(=O)(=O)N(C)C)cc1. The molecule has 0 amide bonds. The van der Waals surface area contributed by atoms with E-state index in [-0.39, 0.29) is 6.04 Å². The average Bonchev–Trinajstić information content (AvgIpc) is 2.66. The van der Waals surface area contributed by atoms with Gasteiger partial charge in [0.25, 0.3) is 0 Å². The maximum absolute atomic E-state index is 12.1. The van der Waals surface area contributed by atoms with Gasteiger partial charge in [-0.15, -0.1) is 0 Å². The van der Waals surface area contributed by atoms with Gasteiger partial charge in [0.15, 0.2) is 11.5 Å². The summed E-state index contributed by atoms with van der Waals surface area (Å²) >= 11 is 0. The first kappa shape index (κ1) is 18.7. The van der Waals surface area contributed by atoms with Crippen LogP contribution >= 0.6 is 0 Å². The molecular weight excluding hydrogens is 352 g/mol. The van der Waals surface area contributed by atoms with Crippen LogP contribution < -0.4 is 14.8 Å². The van der Waals surface area contributed by atoms with Crippen LogP contribution in [0.2, 0.25) is 0 Å². The van der Waals surface area contributed by atoms with Gasteiger partial charge in [0, 0.05) is 26.7 Å². The van der Waals surface area contributed by atoms with E-state index in [9.17, 15) is 8.42 Å². The summed E-state index contributed by atoms with van der Waals surface area (Å²) in [4.78, 5) is 0.297. The lowest BCUT2D eigenvalue weighted by atomic mass is 10.1. The summed E-state index contributed by atoms with van der Waals surface area (Å²) in [7, 11) is -0.339. The molecule has 0 spiro atoms. The summed E-state index contributed by atoms with van der Waals surface area (Å²) in [6, 6.07) is 13.0. The van der Waals surface area contributed by atoms with Gasteiger partial charge >= 0.3 is 0 Å². The molecule has 3 rings (SSSR count). The van der Waals surface area contributed by atoms with Crippen molar-refractivity contribution in [2.75, 3.05) is 27.3 Å². The molecule has 0 aliphatic carbocycles. The Bertz CT molecular complexity index is 864. The lowest BCUT2D eigenvalue weighted by Crippen LogP contribution is -2.22. The molecule has 1 aliphatic rings. The number of ether oxygens (including phenoxy) is 2. The highest BCUT2D eigenvalue weighted by molar-refractivity contribution is 7.89. The first-order valence-electron chi connectivity index (χ1n) is 8.52. The fourth-order valence-corrected chi connectivity index (χ4v) is 3.63. The predicted molar refractivity (Wildman–Crippen MR) is 100 cm³/mol. The second-order valence-electron chi connectivity index (χ2n) is 6.44. The molecule has 1 heterocycles. The Morgan fingerprint density at radius 2 is 1.69 bits per heavy atom. The number of fused-ring (bicyclic) bond motifs is 1. The minimum atomic E-state index is -3.40. The number of hydrogen-bond donors (Lipinski definition) is 1. The zero-order valence-corrected chi connectivity index (χ0v) is 16.0.